The average molecular weight is 813 g/mol. The van der Waals surface area contributed by atoms with Crippen LogP contribution in [-0.2, 0) is 11.8 Å². The van der Waals surface area contributed by atoms with Crippen LogP contribution in [0.25, 0.3) is 85.1 Å². The second-order valence-corrected chi connectivity index (χ2v) is 18.5. The Morgan fingerprint density at radius 1 is 0.483 bits per heavy atom. The van der Waals surface area contributed by atoms with Crippen LogP contribution in [0.3, 0.4) is 0 Å². The van der Waals surface area contributed by atoms with Crippen LogP contribution < -0.4 is 0 Å². The molecule has 0 aliphatic rings. The number of fused-ring (bicyclic) bond motifs is 6. The molecule has 294 valence electrons. The Labute approximate surface area is 361 Å². The van der Waals surface area contributed by atoms with Crippen LogP contribution in [0.2, 0.25) is 0 Å². The molecule has 0 saturated carbocycles. The summed E-state index contributed by atoms with van der Waals surface area (Å²) in [5.74, 6) is 0. The van der Waals surface area contributed by atoms with E-state index < -0.39 is 0 Å². The van der Waals surface area contributed by atoms with Crippen molar-refractivity contribution in [3.63, 3.8) is 0 Å². The van der Waals surface area contributed by atoms with Gasteiger partial charge >= 0.3 is 0 Å². The Bertz CT molecular complexity index is 3180. The lowest BCUT2D eigenvalue weighted by Crippen LogP contribution is -2.28. The van der Waals surface area contributed by atoms with Crippen molar-refractivity contribution < 1.29 is 0 Å². The second kappa shape index (κ2) is 15.6. The van der Waals surface area contributed by atoms with Gasteiger partial charge in [-0.2, -0.15) is 0 Å². The van der Waals surface area contributed by atoms with Gasteiger partial charge in [-0.3, -0.25) is 9.97 Å². The summed E-state index contributed by atoms with van der Waals surface area (Å²) >= 11 is 3.73. The lowest BCUT2D eigenvalue weighted by atomic mass is 9.66. The normalized spacial score (nSPS) is 12.0. The molecule has 4 heteroatoms. The zero-order valence-electron chi connectivity index (χ0n) is 35.0. The van der Waals surface area contributed by atoms with Crippen LogP contribution in [-0.4, -0.2) is 9.97 Å². The summed E-state index contributed by atoms with van der Waals surface area (Å²) in [4.78, 5) is 10.5. The van der Waals surface area contributed by atoms with Gasteiger partial charge in [-0.05, 0) is 91.3 Å². The van der Waals surface area contributed by atoms with Crippen molar-refractivity contribution in [3.8, 4) is 44.8 Å². The van der Waals surface area contributed by atoms with Crippen LogP contribution in [0.4, 0.5) is 0 Å². The van der Waals surface area contributed by atoms with E-state index in [1.54, 1.807) is 0 Å². The van der Waals surface area contributed by atoms with Crippen molar-refractivity contribution in [1.29, 1.82) is 0 Å². The Morgan fingerprint density at radius 2 is 1.02 bits per heavy atom. The number of benzene rings is 6. The molecule has 2 nitrogen and oxygen atoms in total. The molecule has 0 N–H and O–H groups in total. The first-order chi connectivity index (χ1) is 29.4. The smallest absolute Gasteiger partial charge is 0.0716 e. The summed E-state index contributed by atoms with van der Waals surface area (Å²) < 4.78 is 5.22. The highest BCUT2D eigenvalue weighted by molar-refractivity contribution is 7.26. The van der Waals surface area contributed by atoms with Crippen LogP contribution in [0.1, 0.15) is 67.9 Å². The van der Waals surface area contributed by atoms with Crippen LogP contribution >= 0.6 is 22.7 Å². The molecule has 10 rings (SSSR count). The molecular weight excluding hydrogens is 765 g/mol. The molecule has 0 unspecified atom stereocenters. The Kier molecular flexibility index (Phi) is 9.94. The van der Waals surface area contributed by atoms with E-state index in [2.05, 4.69) is 187 Å². The number of hydrogen-bond donors (Lipinski definition) is 0. The van der Waals surface area contributed by atoms with Gasteiger partial charge in [0, 0.05) is 80.4 Å². The molecule has 10 aromatic rings. The van der Waals surface area contributed by atoms with Crippen molar-refractivity contribution in [2.24, 2.45) is 0 Å². The first-order valence-corrected chi connectivity index (χ1v) is 23.0. The van der Waals surface area contributed by atoms with E-state index in [0.29, 0.717) is 0 Å². The van der Waals surface area contributed by atoms with Gasteiger partial charge in [0.15, 0.2) is 0 Å². The lowest BCUT2D eigenvalue weighted by molar-refractivity contribution is 0.480. The van der Waals surface area contributed by atoms with Gasteiger partial charge in [-0.25, -0.2) is 0 Å². The average Bonchev–Trinajstić information content (AvgIpc) is 3.86. The second-order valence-electron chi connectivity index (χ2n) is 16.4. The van der Waals surface area contributed by atoms with E-state index in [0.717, 1.165) is 48.2 Å². The van der Waals surface area contributed by atoms with Gasteiger partial charge in [-0.15, -0.1) is 22.7 Å². The van der Waals surface area contributed by atoms with E-state index in [1.165, 1.54) is 90.4 Å². The largest absolute Gasteiger partial charge is 0.256 e. The molecule has 0 spiro atoms. The standard InChI is InChI=1S/C56H48N2S2/c1-6-14-37-23-28-52-48(32-37)45-19-13-21-47(55(45)60-52)50-27-25-39(34-58-50)42-17-11-16-41(53(42)56(7-2,8-3)40-30-35(4)29-36(5)31-40)38-24-26-49(57-33-38)46-20-12-18-44-43-15-9-10-22-51(43)59-54(44)46/h9-13,15-34H,6-8,14H2,1-5H3. The van der Waals surface area contributed by atoms with Crippen LogP contribution in [0, 0.1) is 13.8 Å². The van der Waals surface area contributed by atoms with Gasteiger partial charge in [0.25, 0.3) is 0 Å². The van der Waals surface area contributed by atoms with Gasteiger partial charge in [0.1, 0.15) is 0 Å². The molecular formula is C56H48N2S2. The summed E-state index contributed by atoms with van der Waals surface area (Å²) in [5, 5.41) is 5.26. The molecule has 0 atom stereocenters. The minimum Gasteiger partial charge on any atom is -0.256 e. The summed E-state index contributed by atoms with van der Waals surface area (Å²) in [6, 6.07) is 52.0. The van der Waals surface area contributed by atoms with Crippen LogP contribution in [0.5, 0.6) is 0 Å². The third-order valence-corrected chi connectivity index (χ3v) is 15.2. The van der Waals surface area contributed by atoms with Crippen molar-refractivity contribution in [2.45, 2.75) is 65.7 Å². The SMILES string of the molecule is CCCc1ccc2sc3c(-c4ccc(-c5cccc(-c6ccc(-c7cccc8c7sc7ccccc78)nc6)c5C(CC)(CC)c5cc(C)cc(C)c5)cn4)cccc3c2c1. The zero-order chi connectivity index (χ0) is 41.0. The summed E-state index contributed by atoms with van der Waals surface area (Å²) in [5.41, 5.74) is 15.5. The third kappa shape index (κ3) is 6.45. The predicted molar refractivity (Wildman–Crippen MR) is 261 cm³/mol. The van der Waals surface area contributed by atoms with Gasteiger partial charge < -0.3 is 0 Å². The van der Waals surface area contributed by atoms with E-state index in [4.69, 9.17) is 9.97 Å². The predicted octanol–water partition coefficient (Wildman–Crippen LogP) is 16.6. The maximum absolute atomic E-state index is 5.25. The number of aromatic nitrogens is 2. The van der Waals surface area contributed by atoms with Gasteiger partial charge in [0.2, 0.25) is 0 Å². The number of nitrogens with zero attached hydrogens (tertiary/aromatic N) is 2. The topological polar surface area (TPSA) is 25.8 Å². The molecule has 0 aliphatic carbocycles. The van der Waals surface area contributed by atoms with E-state index in [1.807, 2.05) is 22.7 Å². The fraction of sp³-hybridized carbons (Fsp3) is 0.179. The maximum Gasteiger partial charge on any atom is 0.0716 e. The zero-order valence-corrected chi connectivity index (χ0v) is 36.6. The molecule has 0 aliphatic heterocycles. The molecule has 0 bridgehead atoms. The monoisotopic (exact) mass is 812 g/mol. The fourth-order valence-electron chi connectivity index (χ4n) is 9.82. The number of hydrogen-bond acceptors (Lipinski definition) is 4. The van der Waals surface area contributed by atoms with E-state index >= 15 is 0 Å². The quantitative estimate of drug-likeness (QED) is 0.137. The Balaban J connectivity index is 1.11. The summed E-state index contributed by atoms with van der Waals surface area (Å²) in [7, 11) is 0. The van der Waals surface area contributed by atoms with Crippen LogP contribution in [0.15, 0.2) is 152 Å². The summed E-state index contributed by atoms with van der Waals surface area (Å²) in [6.45, 7) is 11.4. The van der Waals surface area contributed by atoms with Crippen molar-refractivity contribution in [2.75, 3.05) is 0 Å². The summed E-state index contributed by atoms with van der Waals surface area (Å²) in [6.07, 6.45) is 8.36. The molecule has 4 heterocycles. The molecule has 0 fully saturated rings. The van der Waals surface area contributed by atoms with Crippen molar-refractivity contribution in [1.82, 2.24) is 9.97 Å². The number of rotatable bonds is 10. The maximum atomic E-state index is 5.25. The highest BCUT2D eigenvalue weighted by atomic mass is 32.1. The third-order valence-electron chi connectivity index (χ3n) is 12.7. The van der Waals surface area contributed by atoms with E-state index in [-0.39, 0.29) is 5.41 Å². The van der Waals surface area contributed by atoms with E-state index in [9.17, 15) is 0 Å². The van der Waals surface area contributed by atoms with Crippen molar-refractivity contribution >= 4 is 63.0 Å². The molecule has 0 amide bonds. The molecule has 60 heavy (non-hydrogen) atoms. The Morgan fingerprint density at radius 3 is 1.58 bits per heavy atom. The minimum absolute atomic E-state index is 0.248. The van der Waals surface area contributed by atoms with Crippen molar-refractivity contribution in [3.05, 3.63) is 180 Å². The molecule has 4 aromatic heterocycles. The fourth-order valence-corrected chi connectivity index (χ4v) is 12.3. The number of pyridine rings is 2. The first kappa shape index (κ1) is 38.3. The minimum atomic E-state index is -0.248. The molecule has 0 saturated heterocycles. The first-order valence-electron chi connectivity index (χ1n) is 21.4. The molecule has 6 aromatic carbocycles. The molecule has 0 radical (unpaired) electrons. The highest BCUT2D eigenvalue weighted by Gasteiger charge is 2.36. The van der Waals surface area contributed by atoms with Gasteiger partial charge in [0.05, 0.1) is 11.4 Å². The highest BCUT2D eigenvalue weighted by Crippen LogP contribution is 2.49. The van der Waals surface area contributed by atoms with Gasteiger partial charge in [-0.1, -0.05) is 148 Å². The Hall–Kier alpha value is -5.94. The number of aryl methyl sites for hydroxylation is 3. The lowest BCUT2D eigenvalue weighted by Gasteiger charge is -2.37. The number of thiophene rings is 2.